The zero-order valence-electron chi connectivity index (χ0n) is 11.3. The summed E-state index contributed by atoms with van der Waals surface area (Å²) in [5.74, 6) is 1.51. The van der Waals surface area contributed by atoms with Crippen LogP contribution in [0.3, 0.4) is 0 Å². The molecule has 0 spiro atoms. The molecule has 18 heavy (non-hydrogen) atoms. The highest BCUT2D eigenvalue weighted by Crippen LogP contribution is 2.39. The van der Waals surface area contributed by atoms with E-state index in [0.29, 0.717) is 17.1 Å². The SMILES string of the molecule is CCC(C)[C@@H](N)c1c(O)cc(OC)cc1OC.Cl. The predicted molar refractivity (Wildman–Crippen MR) is 74.8 cm³/mol. The lowest BCUT2D eigenvalue weighted by Gasteiger charge is -2.22. The van der Waals surface area contributed by atoms with E-state index in [-0.39, 0.29) is 30.1 Å². The minimum atomic E-state index is -0.249. The minimum absolute atomic E-state index is 0. The van der Waals surface area contributed by atoms with Gasteiger partial charge in [-0.1, -0.05) is 20.3 Å². The zero-order chi connectivity index (χ0) is 13.0. The third-order valence-corrected chi connectivity index (χ3v) is 3.14. The summed E-state index contributed by atoms with van der Waals surface area (Å²) in [6.07, 6.45) is 0.940. The van der Waals surface area contributed by atoms with Crippen LogP contribution in [0.4, 0.5) is 0 Å². The molecule has 1 rings (SSSR count). The van der Waals surface area contributed by atoms with Crippen LogP contribution in [0.1, 0.15) is 31.9 Å². The van der Waals surface area contributed by atoms with Crippen molar-refractivity contribution < 1.29 is 14.6 Å². The van der Waals surface area contributed by atoms with Crippen LogP contribution in [-0.2, 0) is 0 Å². The Morgan fingerprint density at radius 3 is 2.33 bits per heavy atom. The van der Waals surface area contributed by atoms with Gasteiger partial charge in [-0.2, -0.15) is 0 Å². The maximum Gasteiger partial charge on any atom is 0.131 e. The van der Waals surface area contributed by atoms with Gasteiger partial charge in [0, 0.05) is 18.2 Å². The van der Waals surface area contributed by atoms with Gasteiger partial charge in [-0.05, 0) is 5.92 Å². The summed E-state index contributed by atoms with van der Waals surface area (Å²) in [5, 5.41) is 10.0. The van der Waals surface area contributed by atoms with Crippen LogP contribution in [0.15, 0.2) is 12.1 Å². The van der Waals surface area contributed by atoms with E-state index in [1.54, 1.807) is 26.4 Å². The monoisotopic (exact) mass is 275 g/mol. The highest BCUT2D eigenvalue weighted by atomic mass is 35.5. The molecule has 0 aliphatic rings. The van der Waals surface area contributed by atoms with E-state index in [4.69, 9.17) is 15.2 Å². The van der Waals surface area contributed by atoms with Crippen LogP contribution in [0.5, 0.6) is 17.2 Å². The van der Waals surface area contributed by atoms with Crippen LogP contribution in [-0.4, -0.2) is 19.3 Å². The third-order valence-electron chi connectivity index (χ3n) is 3.14. The van der Waals surface area contributed by atoms with Crippen LogP contribution >= 0.6 is 12.4 Å². The number of methoxy groups -OCH3 is 2. The number of ether oxygens (including phenoxy) is 2. The van der Waals surface area contributed by atoms with Crippen LogP contribution in [0, 0.1) is 5.92 Å². The molecule has 0 aliphatic carbocycles. The molecular weight excluding hydrogens is 254 g/mol. The topological polar surface area (TPSA) is 64.7 Å². The number of phenols is 1. The molecule has 0 aromatic heterocycles. The summed E-state index contributed by atoms with van der Waals surface area (Å²) in [7, 11) is 3.10. The van der Waals surface area contributed by atoms with Gasteiger partial charge < -0.3 is 20.3 Å². The van der Waals surface area contributed by atoms with Crippen molar-refractivity contribution in [1.82, 2.24) is 0 Å². The minimum Gasteiger partial charge on any atom is -0.507 e. The van der Waals surface area contributed by atoms with Crippen molar-refractivity contribution in [2.24, 2.45) is 11.7 Å². The molecule has 0 fully saturated rings. The number of hydrogen-bond acceptors (Lipinski definition) is 4. The predicted octanol–water partition coefficient (Wildman–Crippen LogP) is 2.88. The molecule has 2 atom stereocenters. The number of rotatable bonds is 5. The maximum absolute atomic E-state index is 10.0. The van der Waals surface area contributed by atoms with Crippen LogP contribution in [0.25, 0.3) is 0 Å². The molecule has 1 aromatic rings. The first kappa shape index (κ1) is 16.9. The molecule has 4 nitrogen and oxygen atoms in total. The smallest absolute Gasteiger partial charge is 0.131 e. The summed E-state index contributed by atoms with van der Waals surface area (Å²) >= 11 is 0. The summed E-state index contributed by atoms with van der Waals surface area (Å²) in [4.78, 5) is 0. The Labute approximate surface area is 115 Å². The fraction of sp³-hybridized carbons (Fsp3) is 0.538. The standard InChI is InChI=1S/C13H21NO3.ClH/c1-5-8(2)13(14)12-10(15)6-9(16-3)7-11(12)17-4;/h6-8,13,15H,5,14H2,1-4H3;1H/t8?,13-;/m1./s1. The van der Waals surface area contributed by atoms with Gasteiger partial charge in [-0.3, -0.25) is 0 Å². The third kappa shape index (κ3) is 3.43. The summed E-state index contributed by atoms with van der Waals surface area (Å²) in [5.41, 5.74) is 6.78. The highest BCUT2D eigenvalue weighted by molar-refractivity contribution is 5.85. The fourth-order valence-electron chi connectivity index (χ4n) is 1.75. The van der Waals surface area contributed by atoms with Crippen LogP contribution < -0.4 is 15.2 Å². The Morgan fingerprint density at radius 1 is 1.28 bits per heavy atom. The van der Waals surface area contributed by atoms with Gasteiger partial charge in [0.2, 0.25) is 0 Å². The van der Waals surface area contributed by atoms with Gasteiger partial charge in [-0.25, -0.2) is 0 Å². The van der Waals surface area contributed by atoms with Gasteiger partial charge in [0.15, 0.2) is 0 Å². The lowest BCUT2D eigenvalue weighted by Crippen LogP contribution is -2.19. The average Bonchev–Trinajstić information content (AvgIpc) is 2.35. The molecule has 0 aliphatic heterocycles. The molecule has 0 amide bonds. The Balaban J connectivity index is 0.00000289. The molecule has 0 radical (unpaired) electrons. The Kier molecular flexibility index (Phi) is 6.88. The van der Waals surface area contributed by atoms with E-state index in [9.17, 15) is 5.11 Å². The van der Waals surface area contributed by atoms with Crippen molar-refractivity contribution in [3.63, 3.8) is 0 Å². The molecule has 3 N–H and O–H groups in total. The number of phenolic OH excluding ortho intramolecular Hbond substituents is 1. The number of benzene rings is 1. The van der Waals surface area contributed by atoms with Gasteiger partial charge in [0.05, 0.1) is 19.8 Å². The first-order valence-corrected chi connectivity index (χ1v) is 5.75. The first-order chi connectivity index (χ1) is 8.04. The summed E-state index contributed by atoms with van der Waals surface area (Å²) in [6, 6.07) is 3.04. The second-order valence-corrected chi connectivity index (χ2v) is 4.17. The van der Waals surface area contributed by atoms with E-state index in [1.165, 1.54) is 0 Å². The van der Waals surface area contributed by atoms with E-state index < -0.39 is 0 Å². The lowest BCUT2D eigenvalue weighted by molar-refractivity contribution is 0.360. The van der Waals surface area contributed by atoms with Crippen LogP contribution in [0.2, 0.25) is 0 Å². The molecule has 104 valence electrons. The van der Waals surface area contributed by atoms with E-state index >= 15 is 0 Å². The van der Waals surface area contributed by atoms with Crippen molar-refractivity contribution in [3.8, 4) is 17.2 Å². The van der Waals surface area contributed by atoms with Gasteiger partial charge in [0.25, 0.3) is 0 Å². The van der Waals surface area contributed by atoms with Gasteiger partial charge in [-0.15, -0.1) is 12.4 Å². The number of nitrogens with two attached hydrogens (primary N) is 1. The fourth-order valence-corrected chi connectivity index (χ4v) is 1.75. The van der Waals surface area contributed by atoms with Crippen molar-refractivity contribution in [2.45, 2.75) is 26.3 Å². The van der Waals surface area contributed by atoms with E-state index in [2.05, 4.69) is 6.92 Å². The second-order valence-electron chi connectivity index (χ2n) is 4.17. The molecular formula is C13H22ClNO3. The van der Waals surface area contributed by atoms with Crippen molar-refractivity contribution >= 4 is 12.4 Å². The second kappa shape index (κ2) is 7.34. The largest absolute Gasteiger partial charge is 0.507 e. The molecule has 1 aromatic carbocycles. The van der Waals surface area contributed by atoms with Gasteiger partial charge in [0.1, 0.15) is 17.2 Å². The van der Waals surface area contributed by atoms with Crippen molar-refractivity contribution in [3.05, 3.63) is 17.7 Å². The Morgan fingerprint density at radius 2 is 1.89 bits per heavy atom. The first-order valence-electron chi connectivity index (χ1n) is 5.75. The molecule has 0 saturated heterocycles. The maximum atomic E-state index is 10.0. The molecule has 0 saturated carbocycles. The number of halogens is 1. The highest BCUT2D eigenvalue weighted by Gasteiger charge is 2.22. The molecule has 0 heterocycles. The molecule has 0 bridgehead atoms. The molecule has 1 unspecified atom stereocenters. The Hall–Kier alpha value is -1.13. The lowest BCUT2D eigenvalue weighted by atomic mass is 9.92. The molecule has 5 heteroatoms. The Bertz CT molecular complexity index is 385. The van der Waals surface area contributed by atoms with E-state index in [1.807, 2.05) is 6.92 Å². The zero-order valence-corrected chi connectivity index (χ0v) is 12.1. The quantitative estimate of drug-likeness (QED) is 0.867. The normalized spacial score (nSPS) is 13.4. The summed E-state index contributed by atoms with van der Waals surface area (Å²) < 4.78 is 10.3. The average molecular weight is 276 g/mol. The number of hydrogen-bond donors (Lipinski definition) is 2. The summed E-state index contributed by atoms with van der Waals surface area (Å²) in [6.45, 7) is 4.12. The van der Waals surface area contributed by atoms with E-state index in [0.717, 1.165) is 6.42 Å². The number of aromatic hydroxyl groups is 1. The van der Waals surface area contributed by atoms with Crippen molar-refractivity contribution in [2.75, 3.05) is 14.2 Å². The van der Waals surface area contributed by atoms with Gasteiger partial charge >= 0.3 is 0 Å². The van der Waals surface area contributed by atoms with Crippen molar-refractivity contribution in [1.29, 1.82) is 0 Å².